The lowest BCUT2D eigenvalue weighted by Gasteiger charge is -2.07. The molecule has 132 valence electrons. The highest BCUT2D eigenvalue weighted by Gasteiger charge is 2.28. The van der Waals surface area contributed by atoms with Gasteiger partial charge >= 0.3 is 0 Å². The summed E-state index contributed by atoms with van der Waals surface area (Å²) >= 11 is 0. The zero-order valence-corrected chi connectivity index (χ0v) is 14.4. The van der Waals surface area contributed by atoms with Gasteiger partial charge in [-0.2, -0.15) is 10.3 Å². The van der Waals surface area contributed by atoms with Crippen molar-refractivity contribution < 1.29 is 9.13 Å². The van der Waals surface area contributed by atoms with Gasteiger partial charge in [-0.25, -0.2) is 14.4 Å². The third-order valence-electron chi connectivity index (χ3n) is 4.51. The fraction of sp³-hybridized carbons (Fsp3) is 0. The van der Waals surface area contributed by atoms with Crippen molar-refractivity contribution in [3.8, 4) is 28.9 Å². The van der Waals surface area contributed by atoms with Crippen LogP contribution in [0, 0.1) is 17.3 Å². The summed E-state index contributed by atoms with van der Waals surface area (Å²) in [5, 5.41) is 9.06. The van der Waals surface area contributed by atoms with Crippen LogP contribution in [0.3, 0.4) is 0 Å². The Morgan fingerprint density at radius 3 is 2.32 bits per heavy atom. The summed E-state index contributed by atoms with van der Waals surface area (Å²) in [5.74, 6) is 0.787. The first-order chi connectivity index (χ1) is 13.7. The van der Waals surface area contributed by atoms with E-state index in [-0.39, 0.29) is 5.82 Å². The van der Waals surface area contributed by atoms with Gasteiger partial charge in [-0.1, -0.05) is 24.3 Å². The van der Waals surface area contributed by atoms with E-state index in [4.69, 9.17) is 15.0 Å². The van der Waals surface area contributed by atoms with Gasteiger partial charge in [0.15, 0.2) is 0 Å². The van der Waals surface area contributed by atoms with Crippen LogP contribution in [0.15, 0.2) is 71.7 Å². The Bertz CT molecular complexity index is 1310. The molecule has 0 saturated carbocycles. The van der Waals surface area contributed by atoms with Gasteiger partial charge in [-0.3, -0.25) is 0 Å². The van der Waals surface area contributed by atoms with Crippen LogP contribution in [0.1, 0.15) is 11.3 Å². The normalized spacial score (nSPS) is 13.2. The lowest BCUT2D eigenvalue weighted by molar-refractivity contribution is 0.481. The summed E-state index contributed by atoms with van der Waals surface area (Å²) in [6.45, 7) is 0. The number of hydrogen-bond acceptors (Lipinski definition) is 5. The molecule has 0 aliphatic heterocycles. The van der Waals surface area contributed by atoms with Crippen molar-refractivity contribution in [3.05, 3.63) is 83.8 Å². The molecule has 0 saturated heterocycles. The second-order valence-corrected chi connectivity index (χ2v) is 6.23. The van der Waals surface area contributed by atoms with E-state index < -0.39 is 0 Å². The number of nitriles is 1. The van der Waals surface area contributed by atoms with Gasteiger partial charge in [0.25, 0.3) is 0 Å². The van der Waals surface area contributed by atoms with Crippen molar-refractivity contribution in [1.82, 2.24) is 9.97 Å². The van der Waals surface area contributed by atoms with Gasteiger partial charge in [0.1, 0.15) is 28.7 Å². The van der Waals surface area contributed by atoms with Crippen LogP contribution in [-0.2, 0) is 0 Å². The number of nitrogens with zero attached hydrogens (tertiary/aromatic N) is 4. The maximum absolute atomic E-state index is 13.1. The molecule has 5 nitrogen and oxygen atoms in total. The van der Waals surface area contributed by atoms with E-state index in [0.717, 1.165) is 11.1 Å². The van der Waals surface area contributed by atoms with E-state index in [1.165, 1.54) is 12.1 Å². The second-order valence-electron chi connectivity index (χ2n) is 6.23. The zero-order chi connectivity index (χ0) is 19.1. The molecular formula is C22H11FN4O. The van der Waals surface area contributed by atoms with Crippen molar-refractivity contribution in [2.45, 2.75) is 0 Å². The molecule has 3 aromatic carbocycles. The Balaban J connectivity index is 1.62. The minimum Gasteiger partial charge on any atom is -0.457 e. The van der Waals surface area contributed by atoms with Crippen LogP contribution in [0.4, 0.5) is 4.39 Å². The molecule has 6 heteroatoms. The molecule has 5 rings (SSSR count). The number of halogens is 1. The highest BCUT2D eigenvalue weighted by Crippen LogP contribution is 2.36. The third kappa shape index (κ3) is 2.58. The van der Waals surface area contributed by atoms with Gasteiger partial charge in [-0.05, 0) is 36.4 Å². The molecule has 0 radical (unpaired) electrons. The highest BCUT2D eigenvalue weighted by molar-refractivity contribution is 6.23. The van der Waals surface area contributed by atoms with Gasteiger partial charge < -0.3 is 4.74 Å². The van der Waals surface area contributed by atoms with Crippen molar-refractivity contribution in [3.63, 3.8) is 0 Å². The van der Waals surface area contributed by atoms with Gasteiger partial charge in [0.05, 0.1) is 16.7 Å². The summed E-state index contributed by atoms with van der Waals surface area (Å²) < 4.78 is 18.9. The van der Waals surface area contributed by atoms with Gasteiger partial charge in [-0.15, -0.1) is 0 Å². The van der Waals surface area contributed by atoms with Crippen LogP contribution < -0.4 is 4.74 Å². The number of aliphatic imine (C=N–C) groups is 1. The predicted molar refractivity (Wildman–Crippen MR) is 103 cm³/mol. The second kappa shape index (κ2) is 6.25. The third-order valence-corrected chi connectivity index (χ3v) is 4.51. The SMILES string of the molecule is N#C/N=C1\c2ccccc2-c2nc3cc(Oc4ccc(F)cc4)ccc3nc21. The predicted octanol–water partition coefficient (Wildman–Crippen LogP) is 4.86. The first-order valence-electron chi connectivity index (χ1n) is 8.55. The Morgan fingerprint density at radius 1 is 0.821 bits per heavy atom. The minimum absolute atomic E-state index is 0.319. The van der Waals surface area contributed by atoms with Gasteiger partial charge in [0, 0.05) is 17.2 Å². The summed E-state index contributed by atoms with van der Waals surface area (Å²) in [6.07, 6.45) is 1.85. The molecule has 1 aliphatic rings. The molecule has 0 atom stereocenters. The van der Waals surface area contributed by atoms with E-state index in [2.05, 4.69) is 9.98 Å². The number of hydrogen-bond donors (Lipinski definition) is 0. The van der Waals surface area contributed by atoms with E-state index in [9.17, 15) is 4.39 Å². The Labute approximate surface area is 159 Å². The Hall–Kier alpha value is -4.11. The lowest BCUT2D eigenvalue weighted by Crippen LogP contribution is -2.01. The molecular weight excluding hydrogens is 355 g/mol. The van der Waals surface area contributed by atoms with E-state index in [1.54, 1.807) is 30.3 Å². The maximum atomic E-state index is 13.1. The first-order valence-corrected chi connectivity index (χ1v) is 8.55. The topological polar surface area (TPSA) is 71.2 Å². The first kappa shape index (κ1) is 16.1. The largest absolute Gasteiger partial charge is 0.457 e. The molecule has 0 bridgehead atoms. The molecule has 1 aliphatic carbocycles. The summed E-state index contributed by atoms with van der Waals surface area (Å²) in [4.78, 5) is 13.4. The summed E-state index contributed by atoms with van der Waals surface area (Å²) in [7, 11) is 0. The number of ether oxygens (including phenoxy) is 1. The van der Waals surface area contributed by atoms with Crippen LogP contribution >= 0.6 is 0 Å². The van der Waals surface area contributed by atoms with Crippen LogP contribution in [0.5, 0.6) is 11.5 Å². The van der Waals surface area contributed by atoms with Crippen molar-refractivity contribution >= 4 is 16.7 Å². The van der Waals surface area contributed by atoms with E-state index in [1.807, 2.05) is 30.5 Å². The molecule has 0 fully saturated rings. The van der Waals surface area contributed by atoms with Crippen molar-refractivity contribution in [1.29, 1.82) is 5.26 Å². The van der Waals surface area contributed by atoms with Crippen molar-refractivity contribution in [2.75, 3.05) is 0 Å². The molecule has 0 amide bonds. The van der Waals surface area contributed by atoms with Crippen LogP contribution in [-0.4, -0.2) is 15.7 Å². The molecule has 1 heterocycles. The average Bonchev–Trinajstić information content (AvgIpc) is 3.02. The number of aromatic nitrogens is 2. The molecule has 1 aromatic heterocycles. The Kier molecular flexibility index (Phi) is 3.59. The highest BCUT2D eigenvalue weighted by atomic mass is 19.1. The molecule has 28 heavy (non-hydrogen) atoms. The molecule has 0 spiro atoms. The number of rotatable bonds is 2. The van der Waals surface area contributed by atoms with Crippen LogP contribution in [0.2, 0.25) is 0 Å². The number of benzene rings is 3. The maximum Gasteiger partial charge on any atom is 0.206 e. The molecule has 4 aromatic rings. The monoisotopic (exact) mass is 366 g/mol. The van der Waals surface area contributed by atoms with Crippen molar-refractivity contribution in [2.24, 2.45) is 4.99 Å². The van der Waals surface area contributed by atoms with Crippen LogP contribution in [0.25, 0.3) is 22.3 Å². The molecule has 0 N–H and O–H groups in total. The Morgan fingerprint density at radius 2 is 1.54 bits per heavy atom. The average molecular weight is 366 g/mol. The summed E-state index contributed by atoms with van der Waals surface area (Å²) in [6, 6.07) is 18.8. The molecule has 0 unspecified atom stereocenters. The zero-order valence-electron chi connectivity index (χ0n) is 14.4. The number of fused-ring (bicyclic) bond motifs is 4. The minimum atomic E-state index is -0.319. The quantitative estimate of drug-likeness (QED) is 0.418. The smallest absolute Gasteiger partial charge is 0.206 e. The van der Waals surface area contributed by atoms with E-state index in [0.29, 0.717) is 39.6 Å². The van der Waals surface area contributed by atoms with Gasteiger partial charge in [0.2, 0.25) is 6.19 Å². The standard InChI is InChI=1S/C22H11FN4O/c23-13-5-7-14(8-6-13)28-15-9-10-18-19(11-15)27-21-17-4-2-1-3-16(17)20(25-12-24)22(21)26-18/h1-11H/b25-20+. The fourth-order valence-electron chi connectivity index (χ4n) is 3.28. The lowest BCUT2D eigenvalue weighted by atomic mass is 10.1. The summed E-state index contributed by atoms with van der Waals surface area (Å²) in [5.41, 5.74) is 4.89. The fourth-order valence-corrected chi connectivity index (χ4v) is 3.28. The van der Waals surface area contributed by atoms with E-state index >= 15 is 0 Å².